The van der Waals surface area contributed by atoms with Crippen LogP contribution in [-0.2, 0) is 19.1 Å². The van der Waals surface area contributed by atoms with E-state index < -0.39 is 47.9 Å². The molecule has 40 heavy (non-hydrogen) atoms. The SMILES string of the molecule is CCCCCN(C(=O)C(CC(N)=O)NC(=O)OC(C)(C)C)C(C(=O)Nc1c(C)cccc1C)c1ccccc1O. The van der Waals surface area contributed by atoms with Crippen LogP contribution in [0.15, 0.2) is 42.5 Å². The third-order valence-corrected chi connectivity index (χ3v) is 6.20. The number of phenols is 1. The van der Waals surface area contributed by atoms with Crippen molar-refractivity contribution in [1.82, 2.24) is 10.2 Å². The standard InChI is InChI=1S/C30H42N4O6/c1-7-8-11-17-34(28(38)22(18-24(31)36)32-29(39)40-30(4,5)6)26(21-15-9-10-16-23(21)35)27(37)33-25-19(2)13-12-14-20(25)3/h9-10,12-16,22,26,35H,7-8,11,17-18H2,1-6H3,(H2,31,36)(H,32,39)(H,33,37). The molecule has 0 fully saturated rings. The van der Waals surface area contributed by atoms with Gasteiger partial charge in [-0.05, 0) is 58.2 Å². The lowest BCUT2D eigenvalue weighted by Crippen LogP contribution is -2.53. The number of alkyl carbamates (subject to hydrolysis) is 1. The maximum atomic E-state index is 14.1. The number of aromatic hydroxyl groups is 1. The highest BCUT2D eigenvalue weighted by Crippen LogP contribution is 2.32. The van der Waals surface area contributed by atoms with Gasteiger partial charge in [0.05, 0.1) is 6.42 Å². The Morgan fingerprint density at radius 2 is 1.62 bits per heavy atom. The predicted octanol–water partition coefficient (Wildman–Crippen LogP) is 4.48. The highest BCUT2D eigenvalue weighted by Gasteiger charge is 2.38. The van der Waals surface area contributed by atoms with Crippen molar-refractivity contribution in [2.75, 3.05) is 11.9 Å². The summed E-state index contributed by atoms with van der Waals surface area (Å²) in [5, 5.41) is 16.2. The third-order valence-electron chi connectivity index (χ3n) is 6.20. The summed E-state index contributed by atoms with van der Waals surface area (Å²) in [6, 6.07) is 9.18. The molecule has 0 aliphatic rings. The monoisotopic (exact) mass is 554 g/mol. The zero-order valence-corrected chi connectivity index (χ0v) is 24.2. The topological polar surface area (TPSA) is 151 Å². The molecule has 4 amide bonds. The Bertz CT molecular complexity index is 1190. The lowest BCUT2D eigenvalue weighted by Gasteiger charge is -2.34. The van der Waals surface area contributed by atoms with Gasteiger partial charge in [-0.25, -0.2) is 4.79 Å². The van der Waals surface area contributed by atoms with E-state index in [2.05, 4.69) is 10.6 Å². The molecule has 0 radical (unpaired) electrons. The number of carbonyl (C=O) groups excluding carboxylic acids is 4. The molecule has 0 bridgehead atoms. The quantitative estimate of drug-likeness (QED) is 0.284. The maximum Gasteiger partial charge on any atom is 0.408 e. The molecule has 0 aliphatic carbocycles. The molecular weight excluding hydrogens is 512 g/mol. The van der Waals surface area contributed by atoms with Gasteiger partial charge in [0.1, 0.15) is 23.4 Å². The first-order valence-electron chi connectivity index (χ1n) is 13.5. The second kappa shape index (κ2) is 14.3. The van der Waals surface area contributed by atoms with Gasteiger partial charge in [0.15, 0.2) is 0 Å². The molecule has 2 rings (SSSR count). The summed E-state index contributed by atoms with van der Waals surface area (Å²) in [4.78, 5) is 53.9. The number of hydrogen-bond donors (Lipinski definition) is 4. The van der Waals surface area contributed by atoms with Crippen LogP contribution in [0, 0.1) is 13.8 Å². The van der Waals surface area contributed by atoms with Crippen LogP contribution in [0.3, 0.4) is 0 Å². The van der Waals surface area contributed by atoms with Gasteiger partial charge in [-0.3, -0.25) is 14.4 Å². The number of unbranched alkanes of at least 4 members (excludes halogenated alkanes) is 2. The molecule has 2 aromatic rings. The van der Waals surface area contributed by atoms with Crippen molar-refractivity contribution < 1.29 is 29.0 Å². The Kier molecular flexibility index (Phi) is 11.5. The zero-order valence-electron chi connectivity index (χ0n) is 24.2. The van der Waals surface area contributed by atoms with Gasteiger partial charge in [0.25, 0.3) is 5.91 Å². The van der Waals surface area contributed by atoms with Crippen molar-refractivity contribution in [3.63, 3.8) is 0 Å². The fourth-order valence-corrected chi connectivity index (χ4v) is 4.32. The third kappa shape index (κ3) is 9.29. The number of anilines is 1. The van der Waals surface area contributed by atoms with Crippen LogP contribution >= 0.6 is 0 Å². The van der Waals surface area contributed by atoms with Crippen LogP contribution in [-0.4, -0.2) is 52.0 Å². The Balaban J connectivity index is 2.60. The Labute approximate surface area is 236 Å². The van der Waals surface area contributed by atoms with Gasteiger partial charge >= 0.3 is 6.09 Å². The minimum absolute atomic E-state index is 0.122. The van der Waals surface area contributed by atoms with E-state index in [1.165, 1.54) is 11.0 Å². The highest BCUT2D eigenvalue weighted by molar-refractivity contribution is 6.00. The fraction of sp³-hybridized carbons (Fsp3) is 0.467. The van der Waals surface area contributed by atoms with Crippen molar-refractivity contribution in [2.45, 2.75) is 84.9 Å². The van der Waals surface area contributed by atoms with E-state index in [0.29, 0.717) is 12.1 Å². The van der Waals surface area contributed by atoms with E-state index in [1.807, 2.05) is 39.0 Å². The molecule has 0 saturated heterocycles. The first-order valence-corrected chi connectivity index (χ1v) is 13.5. The number of para-hydroxylation sites is 2. The molecule has 5 N–H and O–H groups in total. The lowest BCUT2D eigenvalue weighted by atomic mass is 9.99. The van der Waals surface area contributed by atoms with Crippen LogP contribution in [0.4, 0.5) is 10.5 Å². The van der Waals surface area contributed by atoms with Crippen molar-refractivity contribution in [2.24, 2.45) is 5.73 Å². The summed E-state index contributed by atoms with van der Waals surface area (Å²) < 4.78 is 5.30. The summed E-state index contributed by atoms with van der Waals surface area (Å²) in [6.07, 6.45) is 0.737. The summed E-state index contributed by atoms with van der Waals surface area (Å²) in [7, 11) is 0. The summed E-state index contributed by atoms with van der Waals surface area (Å²) >= 11 is 0. The first-order chi connectivity index (χ1) is 18.7. The number of primary amides is 1. The number of nitrogens with one attached hydrogen (secondary N) is 2. The van der Waals surface area contributed by atoms with Crippen molar-refractivity contribution in [3.8, 4) is 5.75 Å². The number of amides is 4. The lowest BCUT2D eigenvalue weighted by molar-refractivity contribution is -0.142. The number of aryl methyl sites for hydroxylation is 2. The molecule has 10 heteroatoms. The summed E-state index contributed by atoms with van der Waals surface area (Å²) in [5.41, 5.74) is 7.03. The average molecular weight is 555 g/mol. The van der Waals surface area contributed by atoms with Gasteiger partial charge in [0, 0.05) is 17.8 Å². The molecule has 0 aromatic heterocycles. The Morgan fingerprint density at radius 3 is 2.17 bits per heavy atom. The minimum Gasteiger partial charge on any atom is -0.508 e. The molecule has 2 unspecified atom stereocenters. The number of hydrogen-bond acceptors (Lipinski definition) is 6. The van der Waals surface area contributed by atoms with Gasteiger partial charge in [-0.2, -0.15) is 0 Å². The van der Waals surface area contributed by atoms with Crippen molar-refractivity contribution in [3.05, 3.63) is 59.2 Å². The fourth-order valence-electron chi connectivity index (χ4n) is 4.32. The first kappa shape index (κ1) is 32.1. The number of carbonyl (C=O) groups is 4. The number of phenolic OH excluding ortho intramolecular Hbond substituents is 1. The van der Waals surface area contributed by atoms with E-state index in [0.717, 1.165) is 24.0 Å². The molecule has 2 atom stereocenters. The second-order valence-electron chi connectivity index (χ2n) is 10.8. The zero-order chi connectivity index (χ0) is 30.0. The van der Waals surface area contributed by atoms with Crippen molar-refractivity contribution in [1.29, 1.82) is 0 Å². The molecule has 0 heterocycles. The van der Waals surface area contributed by atoms with Gasteiger partial charge in [0.2, 0.25) is 11.8 Å². The molecule has 10 nitrogen and oxygen atoms in total. The van der Waals surface area contributed by atoms with E-state index in [-0.39, 0.29) is 17.9 Å². The Hall–Kier alpha value is -4.08. The molecule has 0 spiro atoms. The number of nitrogens with two attached hydrogens (primary N) is 1. The molecule has 0 saturated carbocycles. The van der Waals surface area contributed by atoms with Crippen LogP contribution in [0.25, 0.3) is 0 Å². The van der Waals surface area contributed by atoms with Crippen LogP contribution in [0.1, 0.15) is 76.1 Å². The van der Waals surface area contributed by atoms with E-state index in [9.17, 15) is 24.3 Å². The van der Waals surface area contributed by atoms with Gasteiger partial charge in [-0.1, -0.05) is 56.2 Å². The van der Waals surface area contributed by atoms with Crippen molar-refractivity contribution >= 4 is 29.5 Å². The smallest absolute Gasteiger partial charge is 0.408 e. The van der Waals surface area contributed by atoms with E-state index in [1.54, 1.807) is 39.0 Å². The number of rotatable bonds is 12. The van der Waals surface area contributed by atoms with Crippen LogP contribution in [0.2, 0.25) is 0 Å². The Morgan fingerprint density at radius 1 is 1.00 bits per heavy atom. The number of nitrogens with zero attached hydrogens (tertiary/aromatic N) is 1. The predicted molar refractivity (Wildman–Crippen MR) is 154 cm³/mol. The largest absolute Gasteiger partial charge is 0.508 e. The van der Waals surface area contributed by atoms with Gasteiger partial charge in [-0.15, -0.1) is 0 Å². The van der Waals surface area contributed by atoms with Crippen LogP contribution < -0.4 is 16.4 Å². The number of ether oxygens (including phenoxy) is 1. The van der Waals surface area contributed by atoms with Crippen LogP contribution in [0.5, 0.6) is 5.75 Å². The summed E-state index contributed by atoms with van der Waals surface area (Å²) in [5.74, 6) is -2.25. The highest BCUT2D eigenvalue weighted by atomic mass is 16.6. The molecular formula is C30H42N4O6. The van der Waals surface area contributed by atoms with Gasteiger partial charge < -0.3 is 31.1 Å². The molecule has 218 valence electrons. The normalized spacial score (nSPS) is 12.7. The number of benzene rings is 2. The minimum atomic E-state index is -1.39. The molecule has 0 aliphatic heterocycles. The summed E-state index contributed by atoms with van der Waals surface area (Å²) in [6.45, 7) is 10.8. The molecule has 2 aromatic carbocycles. The van der Waals surface area contributed by atoms with E-state index >= 15 is 0 Å². The maximum absolute atomic E-state index is 14.1. The second-order valence-corrected chi connectivity index (χ2v) is 10.8. The average Bonchev–Trinajstić information content (AvgIpc) is 2.84. The van der Waals surface area contributed by atoms with E-state index in [4.69, 9.17) is 10.5 Å².